The van der Waals surface area contributed by atoms with Crippen molar-refractivity contribution < 1.29 is 13.2 Å². The van der Waals surface area contributed by atoms with Gasteiger partial charge in [-0.3, -0.25) is 0 Å². The van der Waals surface area contributed by atoms with E-state index in [2.05, 4.69) is 5.32 Å². The summed E-state index contributed by atoms with van der Waals surface area (Å²) in [6.45, 7) is 0. The molecule has 0 saturated heterocycles. The van der Waals surface area contributed by atoms with Crippen LogP contribution in [0, 0.1) is 17.5 Å². The van der Waals surface area contributed by atoms with E-state index in [1.807, 2.05) is 0 Å². The Labute approximate surface area is 120 Å². The molecule has 0 saturated carbocycles. The van der Waals surface area contributed by atoms with E-state index in [0.717, 1.165) is 0 Å². The van der Waals surface area contributed by atoms with Gasteiger partial charge in [-0.15, -0.1) is 0 Å². The van der Waals surface area contributed by atoms with Crippen LogP contribution in [-0.4, -0.2) is 7.05 Å². The van der Waals surface area contributed by atoms with Crippen molar-refractivity contribution in [3.63, 3.8) is 0 Å². The Kier molecular flexibility index (Phi) is 4.68. The molecule has 0 aliphatic heterocycles. The first-order valence-corrected chi connectivity index (χ1v) is 6.46. The average Bonchev–Trinajstić information content (AvgIpc) is 2.41. The zero-order valence-corrected chi connectivity index (χ0v) is 11.5. The first-order valence-electron chi connectivity index (χ1n) is 6.08. The van der Waals surface area contributed by atoms with Crippen LogP contribution in [0.3, 0.4) is 0 Å². The van der Waals surface area contributed by atoms with Gasteiger partial charge in [0.1, 0.15) is 17.5 Å². The Morgan fingerprint density at radius 3 is 2.25 bits per heavy atom. The molecule has 20 heavy (non-hydrogen) atoms. The lowest BCUT2D eigenvalue weighted by Crippen LogP contribution is -2.21. The Hall–Kier alpha value is -1.52. The third-order valence-electron chi connectivity index (χ3n) is 3.12. The third kappa shape index (κ3) is 3.14. The lowest BCUT2D eigenvalue weighted by atomic mass is 9.98. The summed E-state index contributed by atoms with van der Waals surface area (Å²) in [5.41, 5.74) is 0.555. The van der Waals surface area contributed by atoms with Gasteiger partial charge >= 0.3 is 0 Å². The van der Waals surface area contributed by atoms with Crippen molar-refractivity contribution in [1.29, 1.82) is 0 Å². The quantitative estimate of drug-likeness (QED) is 0.889. The smallest absolute Gasteiger partial charge is 0.142 e. The summed E-state index contributed by atoms with van der Waals surface area (Å²) in [6.07, 6.45) is 0.252. The van der Waals surface area contributed by atoms with Crippen molar-refractivity contribution in [1.82, 2.24) is 5.32 Å². The Balaban J connectivity index is 2.31. The van der Waals surface area contributed by atoms with Gasteiger partial charge in [-0.25, -0.2) is 13.2 Å². The van der Waals surface area contributed by atoms with Gasteiger partial charge in [0.05, 0.1) is 5.02 Å². The maximum absolute atomic E-state index is 13.8. The summed E-state index contributed by atoms with van der Waals surface area (Å²) in [5.74, 6) is -1.80. The van der Waals surface area contributed by atoms with Crippen LogP contribution >= 0.6 is 11.6 Å². The highest BCUT2D eigenvalue weighted by molar-refractivity contribution is 6.30. The maximum Gasteiger partial charge on any atom is 0.142 e. The lowest BCUT2D eigenvalue weighted by Gasteiger charge is -2.18. The highest BCUT2D eigenvalue weighted by Crippen LogP contribution is 2.25. The summed E-state index contributed by atoms with van der Waals surface area (Å²) in [7, 11) is 1.60. The molecule has 0 amide bonds. The topological polar surface area (TPSA) is 12.0 Å². The van der Waals surface area contributed by atoms with Crippen LogP contribution in [-0.2, 0) is 6.42 Å². The minimum Gasteiger partial charge on any atom is -0.313 e. The Morgan fingerprint density at radius 1 is 1.05 bits per heavy atom. The average molecular weight is 300 g/mol. The van der Waals surface area contributed by atoms with E-state index in [0.29, 0.717) is 5.56 Å². The van der Waals surface area contributed by atoms with Crippen molar-refractivity contribution in [2.24, 2.45) is 0 Å². The van der Waals surface area contributed by atoms with Gasteiger partial charge in [-0.1, -0.05) is 23.7 Å². The molecule has 0 heterocycles. The van der Waals surface area contributed by atoms with Crippen LogP contribution in [0.15, 0.2) is 36.4 Å². The third-order valence-corrected chi connectivity index (χ3v) is 3.43. The fourth-order valence-corrected chi connectivity index (χ4v) is 2.21. The van der Waals surface area contributed by atoms with Crippen molar-refractivity contribution >= 4 is 11.6 Å². The van der Waals surface area contributed by atoms with Crippen LogP contribution in [0.4, 0.5) is 13.2 Å². The molecular weight excluding hydrogens is 287 g/mol. The Bertz CT molecular complexity index is 596. The summed E-state index contributed by atoms with van der Waals surface area (Å²) >= 11 is 5.61. The second kappa shape index (κ2) is 6.29. The molecule has 2 aromatic carbocycles. The minimum atomic E-state index is -0.626. The predicted octanol–water partition coefficient (Wildman–Crippen LogP) is 4.26. The first kappa shape index (κ1) is 14.9. The summed E-state index contributed by atoms with van der Waals surface area (Å²) in [6, 6.07) is 7.45. The number of hydrogen-bond acceptors (Lipinski definition) is 1. The standard InChI is InChI=1S/C15H13ClF3N/c1-20-14(15-11(17)3-2-4-12(15)18)8-9-5-6-10(16)13(19)7-9/h2-7,14,20H,8H2,1H3. The highest BCUT2D eigenvalue weighted by Gasteiger charge is 2.19. The summed E-state index contributed by atoms with van der Waals surface area (Å²) in [5, 5.41) is 2.87. The monoisotopic (exact) mass is 299 g/mol. The fourth-order valence-electron chi connectivity index (χ4n) is 2.09. The Morgan fingerprint density at radius 2 is 1.70 bits per heavy atom. The number of likely N-dealkylation sites (N-methyl/N-ethyl adjacent to an activating group) is 1. The van der Waals surface area contributed by atoms with Crippen molar-refractivity contribution in [2.75, 3.05) is 7.05 Å². The zero-order valence-electron chi connectivity index (χ0n) is 10.8. The molecule has 1 nitrogen and oxygen atoms in total. The SMILES string of the molecule is CNC(Cc1ccc(Cl)c(F)c1)c1c(F)cccc1F. The number of rotatable bonds is 4. The van der Waals surface area contributed by atoms with E-state index in [9.17, 15) is 13.2 Å². The second-order valence-corrected chi connectivity index (χ2v) is 4.84. The second-order valence-electron chi connectivity index (χ2n) is 4.43. The van der Waals surface area contributed by atoms with Gasteiger partial charge in [-0.2, -0.15) is 0 Å². The van der Waals surface area contributed by atoms with E-state index in [4.69, 9.17) is 11.6 Å². The van der Waals surface area contributed by atoms with Crippen LogP contribution in [0.25, 0.3) is 0 Å². The molecule has 0 aromatic heterocycles. The summed E-state index contributed by atoms with van der Waals surface area (Å²) in [4.78, 5) is 0. The molecule has 0 aliphatic carbocycles. The van der Waals surface area contributed by atoms with Crippen molar-refractivity contribution in [3.8, 4) is 0 Å². The fraction of sp³-hybridized carbons (Fsp3) is 0.200. The molecule has 1 N–H and O–H groups in total. The molecular formula is C15H13ClF3N. The van der Waals surface area contributed by atoms with Gasteiger partial charge in [-0.05, 0) is 43.3 Å². The molecule has 106 valence electrons. The van der Waals surface area contributed by atoms with E-state index in [-0.39, 0.29) is 17.0 Å². The molecule has 0 fully saturated rings. The van der Waals surface area contributed by atoms with Crippen LogP contribution < -0.4 is 5.32 Å². The lowest BCUT2D eigenvalue weighted by molar-refractivity contribution is 0.488. The molecule has 0 radical (unpaired) electrons. The minimum absolute atomic E-state index is 0.0202. The number of hydrogen-bond donors (Lipinski definition) is 1. The molecule has 5 heteroatoms. The van der Waals surface area contributed by atoms with Crippen LogP contribution in [0.5, 0.6) is 0 Å². The number of halogens is 4. The zero-order chi connectivity index (χ0) is 14.7. The van der Waals surface area contributed by atoms with Gasteiger partial charge < -0.3 is 5.32 Å². The summed E-state index contributed by atoms with van der Waals surface area (Å²) < 4.78 is 40.9. The molecule has 0 spiro atoms. The van der Waals surface area contributed by atoms with Gasteiger partial charge in [0.25, 0.3) is 0 Å². The van der Waals surface area contributed by atoms with E-state index >= 15 is 0 Å². The first-order chi connectivity index (χ1) is 9.52. The number of benzene rings is 2. The molecule has 1 unspecified atom stereocenters. The maximum atomic E-state index is 13.8. The van der Waals surface area contributed by atoms with E-state index in [1.165, 1.54) is 30.3 Å². The molecule has 0 bridgehead atoms. The van der Waals surface area contributed by atoms with Gasteiger partial charge in [0.2, 0.25) is 0 Å². The van der Waals surface area contributed by atoms with Gasteiger partial charge in [0.15, 0.2) is 0 Å². The molecule has 2 aromatic rings. The van der Waals surface area contributed by atoms with Crippen LogP contribution in [0.2, 0.25) is 5.02 Å². The van der Waals surface area contributed by atoms with E-state index < -0.39 is 23.5 Å². The van der Waals surface area contributed by atoms with Crippen molar-refractivity contribution in [2.45, 2.75) is 12.5 Å². The molecule has 0 aliphatic rings. The molecule has 2 rings (SSSR count). The normalized spacial score (nSPS) is 12.4. The van der Waals surface area contributed by atoms with Gasteiger partial charge in [0, 0.05) is 11.6 Å². The predicted molar refractivity (Wildman–Crippen MR) is 73.3 cm³/mol. The van der Waals surface area contributed by atoms with Crippen LogP contribution in [0.1, 0.15) is 17.2 Å². The highest BCUT2D eigenvalue weighted by atomic mass is 35.5. The largest absolute Gasteiger partial charge is 0.313 e. The molecule has 1 atom stereocenters. The van der Waals surface area contributed by atoms with E-state index in [1.54, 1.807) is 13.1 Å². The number of nitrogens with one attached hydrogen (secondary N) is 1. The van der Waals surface area contributed by atoms with Crippen molar-refractivity contribution in [3.05, 3.63) is 70.0 Å².